The van der Waals surface area contributed by atoms with Crippen LogP contribution in [0.4, 0.5) is 10.1 Å². The van der Waals surface area contributed by atoms with Crippen molar-refractivity contribution < 1.29 is 21.2 Å². The van der Waals surface area contributed by atoms with E-state index in [0.717, 1.165) is 12.1 Å². The molecule has 0 aliphatic carbocycles. The van der Waals surface area contributed by atoms with Crippen LogP contribution in [0.3, 0.4) is 0 Å². The lowest BCUT2D eigenvalue weighted by molar-refractivity contribution is 0.585. The zero-order valence-electron chi connectivity index (χ0n) is 10.5. The fourth-order valence-corrected chi connectivity index (χ4v) is 4.98. The predicted octanol–water partition coefficient (Wildman–Crippen LogP) is 1.01. The van der Waals surface area contributed by atoms with Gasteiger partial charge < -0.3 is 5.73 Å². The van der Waals surface area contributed by atoms with Crippen LogP contribution in [0.1, 0.15) is 13.3 Å². The van der Waals surface area contributed by atoms with Gasteiger partial charge in [-0.1, -0.05) is 6.92 Å². The summed E-state index contributed by atoms with van der Waals surface area (Å²) in [5, 5.41) is 0. The predicted molar refractivity (Wildman–Crippen MR) is 71.8 cm³/mol. The molecule has 1 aromatic carbocycles. The lowest BCUT2D eigenvalue weighted by atomic mass is 10.3. The average Bonchev–Trinajstić information content (AvgIpc) is 2.30. The number of nitrogens with two attached hydrogens (primary N) is 1. The number of hydrogen-bond donors (Lipinski definition) is 1. The highest BCUT2D eigenvalue weighted by molar-refractivity contribution is 7.95. The maximum absolute atomic E-state index is 13.2. The smallest absolute Gasteiger partial charge is 0.179 e. The van der Waals surface area contributed by atoms with E-state index in [0.29, 0.717) is 6.42 Å². The molecule has 0 heterocycles. The molecule has 8 heteroatoms. The molecular weight excluding hydrogens is 293 g/mol. The molecule has 0 aliphatic heterocycles. The van der Waals surface area contributed by atoms with E-state index < -0.39 is 37.0 Å². The number of anilines is 1. The Hall–Kier alpha value is -1.15. The fraction of sp³-hybridized carbons (Fsp3) is 0.455. The van der Waals surface area contributed by atoms with E-state index in [9.17, 15) is 21.2 Å². The average molecular weight is 309 g/mol. The molecule has 0 radical (unpaired) electrons. The van der Waals surface area contributed by atoms with Crippen molar-refractivity contribution in [2.75, 3.05) is 23.0 Å². The van der Waals surface area contributed by atoms with Gasteiger partial charge in [-0.2, -0.15) is 0 Å². The number of sulfone groups is 2. The minimum atomic E-state index is -3.83. The summed E-state index contributed by atoms with van der Waals surface area (Å²) in [5.74, 6) is -1.91. The van der Waals surface area contributed by atoms with E-state index in [4.69, 9.17) is 5.73 Å². The molecule has 0 fully saturated rings. The van der Waals surface area contributed by atoms with Crippen molar-refractivity contribution >= 4 is 25.4 Å². The third kappa shape index (κ3) is 4.46. The van der Waals surface area contributed by atoms with Gasteiger partial charge >= 0.3 is 0 Å². The SMILES string of the molecule is CCCS(=O)(=O)CCS(=O)(=O)c1ccc(N)c(F)c1. The van der Waals surface area contributed by atoms with Crippen LogP contribution in [0.5, 0.6) is 0 Å². The van der Waals surface area contributed by atoms with E-state index in [1.807, 2.05) is 0 Å². The van der Waals surface area contributed by atoms with E-state index in [2.05, 4.69) is 0 Å². The van der Waals surface area contributed by atoms with Crippen LogP contribution < -0.4 is 5.73 Å². The molecule has 2 N–H and O–H groups in total. The zero-order valence-corrected chi connectivity index (χ0v) is 12.1. The van der Waals surface area contributed by atoms with Gasteiger partial charge in [-0.3, -0.25) is 0 Å². The standard InChI is InChI=1S/C11H16FNO4S2/c1-2-5-18(14,15)6-7-19(16,17)9-3-4-11(13)10(12)8-9/h3-4,8H,2,5-7,13H2,1H3. The van der Waals surface area contributed by atoms with Crippen molar-refractivity contribution in [2.24, 2.45) is 0 Å². The Labute approximate surface area is 112 Å². The zero-order chi connectivity index (χ0) is 14.7. The monoisotopic (exact) mass is 309 g/mol. The second-order valence-corrected chi connectivity index (χ2v) is 8.57. The fourth-order valence-electron chi connectivity index (χ4n) is 1.47. The van der Waals surface area contributed by atoms with Crippen LogP contribution in [0.25, 0.3) is 0 Å². The Balaban J connectivity index is 2.90. The molecule has 0 saturated heterocycles. The van der Waals surface area contributed by atoms with Crippen molar-refractivity contribution in [1.82, 2.24) is 0 Å². The molecule has 108 valence electrons. The van der Waals surface area contributed by atoms with Gasteiger partial charge in [-0.05, 0) is 24.6 Å². The summed E-state index contributed by atoms with van der Waals surface area (Å²) < 4.78 is 59.9. The molecule has 1 rings (SSSR count). The van der Waals surface area contributed by atoms with Gasteiger partial charge in [0.25, 0.3) is 0 Å². The van der Waals surface area contributed by atoms with Gasteiger partial charge in [0.2, 0.25) is 0 Å². The summed E-state index contributed by atoms with van der Waals surface area (Å²) in [4.78, 5) is -0.258. The highest BCUT2D eigenvalue weighted by atomic mass is 32.2. The molecule has 1 aromatic rings. The van der Waals surface area contributed by atoms with Crippen LogP contribution >= 0.6 is 0 Å². The number of halogens is 1. The van der Waals surface area contributed by atoms with Crippen LogP contribution in [-0.2, 0) is 19.7 Å². The quantitative estimate of drug-likeness (QED) is 0.791. The minimum absolute atomic E-state index is 0.0569. The molecule has 0 unspecified atom stereocenters. The molecule has 0 saturated carbocycles. The first kappa shape index (κ1) is 15.9. The normalized spacial score (nSPS) is 12.5. The number of rotatable bonds is 6. The number of hydrogen-bond acceptors (Lipinski definition) is 5. The van der Waals surface area contributed by atoms with Gasteiger partial charge in [0.15, 0.2) is 19.7 Å². The Bertz CT molecular complexity index is 653. The van der Waals surface area contributed by atoms with Crippen molar-refractivity contribution in [1.29, 1.82) is 0 Å². The maximum atomic E-state index is 13.2. The van der Waals surface area contributed by atoms with Gasteiger partial charge in [-0.25, -0.2) is 21.2 Å². The summed E-state index contributed by atoms with van der Waals surface area (Å²) in [7, 11) is -7.21. The van der Waals surface area contributed by atoms with Gasteiger partial charge in [-0.15, -0.1) is 0 Å². The Morgan fingerprint density at radius 2 is 1.74 bits per heavy atom. The first-order valence-corrected chi connectivity index (χ1v) is 9.13. The molecule has 19 heavy (non-hydrogen) atoms. The Morgan fingerprint density at radius 1 is 1.11 bits per heavy atom. The number of benzene rings is 1. The first-order chi connectivity index (χ1) is 8.68. The molecule has 0 amide bonds. The lowest BCUT2D eigenvalue weighted by Crippen LogP contribution is -2.19. The maximum Gasteiger partial charge on any atom is 0.179 e. The van der Waals surface area contributed by atoms with E-state index in [1.165, 1.54) is 6.07 Å². The summed E-state index contributed by atoms with van der Waals surface area (Å²) in [6, 6.07) is 3.11. The molecule has 0 aromatic heterocycles. The number of nitrogen functional groups attached to an aromatic ring is 1. The van der Waals surface area contributed by atoms with Crippen LogP contribution in [0, 0.1) is 5.82 Å². The van der Waals surface area contributed by atoms with Gasteiger partial charge in [0, 0.05) is 5.75 Å². The molecule has 0 spiro atoms. The van der Waals surface area contributed by atoms with Crippen molar-refractivity contribution in [3.05, 3.63) is 24.0 Å². The largest absolute Gasteiger partial charge is 0.396 e. The summed E-state index contributed by atoms with van der Waals surface area (Å²) >= 11 is 0. The first-order valence-electron chi connectivity index (χ1n) is 5.66. The highest BCUT2D eigenvalue weighted by Crippen LogP contribution is 2.17. The summed E-state index contributed by atoms with van der Waals surface area (Å²) in [5.41, 5.74) is 5.09. The summed E-state index contributed by atoms with van der Waals surface area (Å²) in [6.07, 6.45) is 0.429. The second kappa shape index (κ2) is 5.87. The Kier molecular flexibility index (Phi) is 4.92. The Morgan fingerprint density at radius 3 is 2.26 bits per heavy atom. The lowest BCUT2D eigenvalue weighted by Gasteiger charge is -2.06. The van der Waals surface area contributed by atoms with Crippen LogP contribution in [0.15, 0.2) is 23.1 Å². The molecule has 0 atom stereocenters. The second-order valence-electron chi connectivity index (χ2n) is 4.15. The molecular formula is C11H16FNO4S2. The van der Waals surface area contributed by atoms with Crippen LogP contribution in [0.2, 0.25) is 0 Å². The van der Waals surface area contributed by atoms with Gasteiger partial charge in [0.05, 0.1) is 22.1 Å². The van der Waals surface area contributed by atoms with Crippen molar-refractivity contribution in [3.8, 4) is 0 Å². The van der Waals surface area contributed by atoms with E-state index in [1.54, 1.807) is 6.92 Å². The molecule has 5 nitrogen and oxygen atoms in total. The highest BCUT2D eigenvalue weighted by Gasteiger charge is 2.20. The van der Waals surface area contributed by atoms with Crippen molar-refractivity contribution in [3.63, 3.8) is 0 Å². The minimum Gasteiger partial charge on any atom is -0.396 e. The van der Waals surface area contributed by atoms with Crippen LogP contribution in [-0.4, -0.2) is 34.1 Å². The van der Waals surface area contributed by atoms with Crippen molar-refractivity contribution in [2.45, 2.75) is 18.2 Å². The third-order valence-electron chi connectivity index (χ3n) is 2.51. The third-order valence-corrected chi connectivity index (χ3v) is 6.34. The van der Waals surface area contributed by atoms with Gasteiger partial charge in [0.1, 0.15) is 5.82 Å². The summed E-state index contributed by atoms with van der Waals surface area (Å²) in [6.45, 7) is 1.70. The topological polar surface area (TPSA) is 94.3 Å². The van der Waals surface area contributed by atoms with E-state index in [-0.39, 0.29) is 16.3 Å². The molecule has 0 aliphatic rings. The molecule has 0 bridgehead atoms. The van der Waals surface area contributed by atoms with E-state index >= 15 is 0 Å².